The van der Waals surface area contributed by atoms with Crippen LogP contribution in [0.2, 0.25) is 0 Å². The van der Waals surface area contributed by atoms with Gasteiger partial charge in [-0.1, -0.05) is 6.92 Å². The molecule has 0 fully saturated rings. The van der Waals surface area contributed by atoms with Crippen LogP contribution in [0.25, 0.3) is 0 Å². The Morgan fingerprint density at radius 1 is 1.31 bits per heavy atom. The molecule has 0 saturated heterocycles. The molecule has 0 aliphatic rings. The molecule has 4 nitrogen and oxygen atoms in total. The van der Waals surface area contributed by atoms with Gasteiger partial charge in [0.05, 0.1) is 19.6 Å². The van der Waals surface area contributed by atoms with E-state index in [1.165, 1.54) is 0 Å². The van der Waals surface area contributed by atoms with E-state index < -0.39 is 24.7 Å². The molecule has 1 unspecified atom stereocenters. The summed E-state index contributed by atoms with van der Waals surface area (Å²) in [7, 11) is 0. The van der Waals surface area contributed by atoms with Crippen LogP contribution in [0, 0.1) is 0 Å². The quantitative estimate of drug-likeness (QED) is 0.662. The van der Waals surface area contributed by atoms with Gasteiger partial charge in [0.25, 0.3) is 0 Å². The molecule has 16 heavy (non-hydrogen) atoms. The Kier molecular flexibility index (Phi) is 7.07. The topological polar surface area (TPSA) is 55.8 Å². The average Bonchev–Trinajstić information content (AvgIpc) is 2.13. The van der Waals surface area contributed by atoms with Gasteiger partial charge in [-0.15, -0.1) is 0 Å². The van der Waals surface area contributed by atoms with E-state index in [4.69, 9.17) is 9.84 Å². The highest BCUT2D eigenvalue weighted by Crippen LogP contribution is 2.25. The van der Waals surface area contributed by atoms with E-state index in [1.807, 2.05) is 6.92 Å². The van der Waals surface area contributed by atoms with Gasteiger partial charge in [0.1, 0.15) is 0 Å². The highest BCUT2D eigenvalue weighted by Gasteiger charge is 2.41. The fourth-order valence-corrected chi connectivity index (χ4v) is 0.923. The van der Waals surface area contributed by atoms with E-state index in [9.17, 15) is 18.0 Å². The Morgan fingerprint density at radius 2 is 1.94 bits per heavy atom. The van der Waals surface area contributed by atoms with Gasteiger partial charge < -0.3 is 14.6 Å². The monoisotopic (exact) mass is 244 g/mol. The second kappa shape index (κ2) is 7.45. The lowest BCUT2D eigenvalue weighted by molar-refractivity contribution is -0.226. The number of halogens is 3. The van der Waals surface area contributed by atoms with Crippen LogP contribution in [0.3, 0.4) is 0 Å². The molecule has 0 aromatic heterocycles. The number of carboxylic acid groups (broad SMARTS) is 1. The normalized spacial score (nSPS) is 13.8. The van der Waals surface area contributed by atoms with Crippen LogP contribution < -0.4 is 0 Å². The number of aliphatic carboxylic acids is 1. The van der Waals surface area contributed by atoms with Crippen molar-refractivity contribution in [3.05, 3.63) is 0 Å². The molecule has 0 aliphatic heterocycles. The van der Waals surface area contributed by atoms with Gasteiger partial charge >= 0.3 is 12.1 Å². The van der Waals surface area contributed by atoms with Crippen molar-refractivity contribution >= 4 is 5.97 Å². The third-order valence-electron chi connectivity index (χ3n) is 1.62. The Hall–Kier alpha value is -0.820. The summed E-state index contributed by atoms with van der Waals surface area (Å²) in [6.07, 6.45) is -7.26. The van der Waals surface area contributed by atoms with Crippen molar-refractivity contribution in [2.75, 3.05) is 19.8 Å². The minimum atomic E-state index is -4.66. The van der Waals surface area contributed by atoms with Crippen LogP contribution in [-0.2, 0) is 14.3 Å². The minimum absolute atomic E-state index is 0.0278. The molecule has 0 saturated carbocycles. The summed E-state index contributed by atoms with van der Waals surface area (Å²) < 4.78 is 46.0. The number of carbonyl (C=O) groups is 1. The molecule has 0 aromatic rings. The number of hydrogen-bond acceptors (Lipinski definition) is 3. The fourth-order valence-electron chi connectivity index (χ4n) is 0.923. The van der Waals surface area contributed by atoms with Gasteiger partial charge in [0.2, 0.25) is 0 Å². The lowest BCUT2D eigenvalue weighted by Gasteiger charge is -2.19. The van der Waals surface area contributed by atoms with Gasteiger partial charge in [0.15, 0.2) is 6.10 Å². The molecule has 0 aliphatic carbocycles. The molecule has 0 spiro atoms. The first kappa shape index (κ1) is 15.2. The summed E-state index contributed by atoms with van der Waals surface area (Å²) in [5.41, 5.74) is 0. The molecule has 96 valence electrons. The summed E-state index contributed by atoms with van der Waals surface area (Å²) in [6, 6.07) is 0. The molecule has 0 heterocycles. The first-order valence-corrected chi connectivity index (χ1v) is 4.85. The second-order valence-corrected chi connectivity index (χ2v) is 3.11. The minimum Gasteiger partial charge on any atom is -0.481 e. The summed E-state index contributed by atoms with van der Waals surface area (Å²) in [4.78, 5) is 10.2. The van der Waals surface area contributed by atoms with Crippen LogP contribution in [-0.4, -0.2) is 43.2 Å². The van der Waals surface area contributed by atoms with Gasteiger partial charge in [-0.25, -0.2) is 0 Å². The first-order valence-electron chi connectivity index (χ1n) is 4.85. The van der Waals surface area contributed by atoms with Crippen LogP contribution in [0.1, 0.15) is 19.8 Å². The van der Waals surface area contributed by atoms with E-state index in [0.29, 0.717) is 6.61 Å². The Labute approximate surface area is 91.3 Å². The zero-order chi connectivity index (χ0) is 12.6. The number of ether oxygens (including phenoxy) is 2. The van der Waals surface area contributed by atoms with Crippen molar-refractivity contribution in [3.8, 4) is 0 Å². The zero-order valence-corrected chi connectivity index (χ0v) is 8.92. The Balaban J connectivity index is 3.89. The lowest BCUT2D eigenvalue weighted by Crippen LogP contribution is -2.34. The lowest BCUT2D eigenvalue weighted by atomic mass is 10.2. The molecule has 1 atom stereocenters. The third-order valence-corrected chi connectivity index (χ3v) is 1.62. The van der Waals surface area contributed by atoms with Crippen LogP contribution in [0.15, 0.2) is 0 Å². The van der Waals surface area contributed by atoms with Crippen LogP contribution >= 0.6 is 0 Å². The van der Waals surface area contributed by atoms with Crippen LogP contribution in [0.5, 0.6) is 0 Å². The highest BCUT2D eigenvalue weighted by molar-refractivity contribution is 5.67. The standard InChI is InChI=1S/C9H15F3O4/c1-2-3-15-4-5-16-7(6-8(13)14)9(10,11)12/h7H,2-6H2,1H3,(H,13,14). The van der Waals surface area contributed by atoms with E-state index >= 15 is 0 Å². The van der Waals surface area contributed by atoms with Crippen molar-refractivity contribution in [2.24, 2.45) is 0 Å². The van der Waals surface area contributed by atoms with E-state index in [-0.39, 0.29) is 13.2 Å². The summed E-state index contributed by atoms with van der Waals surface area (Å²) in [6.45, 7) is 2.07. The largest absolute Gasteiger partial charge is 0.481 e. The molecule has 1 N–H and O–H groups in total. The SMILES string of the molecule is CCCOCCOC(CC(=O)O)C(F)(F)F. The number of hydrogen-bond donors (Lipinski definition) is 1. The molecule has 0 rings (SSSR count). The van der Waals surface area contributed by atoms with Gasteiger partial charge in [-0.3, -0.25) is 4.79 Å². The van der Waals surface area contributed by atoms with Gasteiger partial charge in [-0.05, 0) is 6.42 Å². The van der Waals surface area contributed by atoms with Gasteiger partial charge in [0, 0.05) is 6.61 Å². The maximum atomic E-state index is 12.2. The molecule has 7 heteroatoms. The zero-order valence-electron chi connectivity index (χ0n) is 8.92. The smallest absolute Gasteiger partial charge is 0.415 e. The van der Waals surface area contributed by atoms with Crippen molar-refractivity contribution in [2.45, 2.75) is 32.0 Å². The van der Waals surface area contributed by atoms with E-state index in [0.717, 1.165) is 6.42 Å². The van der Waals surface area contributed by atoms with Crippen LogP contribution in [0.4, 0.5) is 13.2 Å². The highest BCUT2D eigenvalue weighted by atomic mass is 19.4. The van der Waals surface area contributed by atoms with Crippen molar-refractivity contribution in [3.63, 3.8) is 0 Å². The first-order chi connectivity index (χ1) is 7.38. The van der Waals surface area contributed by atoms with E-state index in [1.54, 1.807) is 0 Å². The average molecular weight is 244 g/mol. The summed E-state index contributed by atoms with van der Waals surface area (Å²) in [5.74, 6) is -1.54. The molecule has 0 bridgehead atoms. The molecular formula is C9H15F3O4. The fraction of sp³-hybridized carbons (Fsp3) is 0.889. The number of alkyl halides is 3. The van der Waals surface area contributed by atoms with Gasteiger partial charge in [-0.2, -0.15) is 13.2 Å². The predicted octanol–water partition coefficient (Wildman–Crippen LogP) is 1.84. The van der Waals surface area contributed by atoms with E-state index in [2.05, 4.69) is 4.74 Å². The maximum absolute atomic E-state index is 12.2. The van der Waals surface area contributed by atoms with Crippen molar-refractivity contribution in [1.29, 1.82) is 0 Å². The predicted molar refractivity (Wildman–Crippen MR) is 49.2 cm³/mol. The molecule has 0 amide bonds. The Morgan fingerprint density at radius 3 is 2.38 bits per heavy atom. The van der Waals surface area contributed by atoms with Crippen molar-refractivity contribution in [1.82, 2.24) is 0 Å². The third kappa shape index (κ3) is 7.47. The number of carboxylic acids is 1. The second-order valence-electron chi connectivity index (χ2n) is 3.11. The maximum Gasteiger partial charge on any atom is 0.415 e. The Bertz CT molecular complexity index is 205. The van der Waals surface area contributed by atoms with Crippen molar-refractivity contribution < 1.29 is 32.5 Å². The summed E-state index contributed by atoms with van der Waals surface area (Å²) >= 11 is 0. The number of rotatable bonds is 8. The molecule has 0 aromatic carbocycles. The molecular weight excluding hydrogens is 229 g/mol. The molecule has 0 radical (unpaired) electrons. The summed E-state index contributed by atoms with van der Waals surface area (Å²) in [5, 5.41) is 8.28.